The molecule has 0 atom stereocenters. The molecule has 0 aromatic carbocycles. The maximum absolute atomic E-state index is 3.73. The van der Waals surface area contributed by atoms with Crippen molar-refractivity contribution in [2.45, 2.75) is 33.6 Å². The van der Waals surface area contributed by atoms with Crippen molar-refractivity contribution in [3.63, 3.8) is 0 Å². The van der Waals surface area contributed by atoms with Crippen LogP contribution in [0.5, 0.6) is 0 Å². The number of hydrogen-bond donors (Lipinski definition) is 0. The summed E-state index contributed by atoms with van der Waals surface area (Å²) in [7, 11) is 0. The molecule has 0 saturated heterocycles. The van der Waals surface area contributed by atoms with Crippen LogP contribution in [0.4, 0.5) is 0 Å². The average molecular weight is 150 g/mol. The van der Waals surface area contributed by atoms with Gasteiger partial charge in [-0.1, -0.05) is 30.7 Å². The normalized spacial score (nSPS) is 13.4. The Hall–Kier alpha value is -0.780. The first-order chi connectivity index (χ1) is 5.26. The molecule has 0 unspecified atom stereocenters. The minimum Gasteiger partial charge on any atom is -0.103 e. The third-order valence-electron chi connectivity index (χ3n) is 1.75. The minimum atomic E-state index is 0.990. The standard InChI is InChI=1S/C11H18/c1-5-8-11(9-6-2)10(4)7-3/h5,7,9H,1,6,8H2,2-4H3. The SMILES string of the molecule is C=CCC(=CCC)C(C)=CC. The quantitative estimate of drug-likeness (QED) is 0.421. The second-order valence-corrected chi connectivity index (χ2v) is 2.60. The minimum absolute atomic E-state index is 0.990. The molecular weight excluding hydrogens is 132 g/mol. The van der Waals surface area contributed by atoms with Crippen LogP contribution in [0.2, 0.25) is 0 Å². The zero-order valence-electron chi connectivity index (χ0n) is 7.85. The van der Waals surface area contributed by atoms with Crippen LogP contribution in [-0.2, 0) is 0 Å². The molecular formula is C11H18. The summed E-state index contributed by atoms with van der Waals surface area (Å²) in [5.74, 6) is 0. The molecule has 0 aromatic heterocycles. The van der Waals surface area contributed by atoms with Crippen LogP contribution >= 0.6 is 0 Å². The molecule has 0 aromatic rings. The van der Waals surface area contributed by atoms with Crippen LogP contribution in [0.25, 0.3) is 0 Å². The highest BCUT2D eigenvalue weighted by atomic mass is 14.0. The van der Waals surface area contributed by atoms with E-state index in [-0.39, 0.29) is 0 Å². The number of rotatable bonds is 4. The summed E-state index contributed by atoms with van der Waals surface area (Å²) in [5, 5.41) is 0. The predicted octanol–water partition coefficient (Wildman–Crippen LogP) is 3.87. The van der Waals surface area contributed by atoms with Gasteiger partial charge in [0.2, 0.25) is 0 Å². The van der Waals surface area contributed by atoms with Crippen molar-refractivity contribution in [3.05, 3.63) is 36.0 Å². The molecule has 0 rings (SSSR count). The van der Waals surface area contributed by atoms with Crippen LogP contribution < -0.4 is 0 Å². The maximum Gasteiger partial charge on any atom is -0.0101 e. The van der Waals surface area contributed by atoms with E-state index in [1.165, 1.54) is 11.1 Å². The number of hydrogen-bond acceptors (Lipinski definition) is 0. The van der Waals surface area contributed by atoms with E-state index in [2.05, 4.69) is 39.5 Å². The fourth-order valence-corrected chi connectivity index (χ4v) is 0.993. The first-order valence-electron chi connectivity index (χ1n) is 4.19. The monoisotopic (exact) mass is 150 g/mol. The fraction of sp³-hybridized carbons (Fsp3) is 0.455. The third-order valence-corrected chi connectivity index (χ3v) is 1.75. The fourth-order valence-electron chi connectivity index (χ4n) is 0.993. The van der Waals surface area contributed by atoms with E-state index in [0.29, 0.717) is 0 Å². The zero-order valence-corrected chi connectivity index (χ0v) is 7.85. The van der Waals surface area contributed by atoms with Gasteiger partial charge < -0.3 is 0 Å². The Kier molecular flexibility index (Phi) is 5.54. The molecule has 0 N–H and O–H groups in total. The Labute approximate surface area is 70.3 Å². The molecule has 0 bridgehead atoms. The molecule has 0 fully saturated rings. The first kappa shape index (κ1) is 10.2. The Balaban J connectivity index is 4.33. The molecule has 62 valence electrons. The second-order valence-electron chi connectivity index (χ2n) is 2.60. The molecule has 0 aliphatic heterocycles. The topological polar surface area (TPSA) is 0 Å². The summed E-state index contributed by atoms with van der Waals surface area (Å²) in [6, 6.07) is 0. The highest BCUT2D eigenvalue weighted by Gasteiger charge is 1.94. The lowest BCUT2D eigenvalue weighted by Gasteiger charge is -2.03. The van der Waals surface area contributed by atoms with E-state index in [0.717, 1.165) is 12.8 Å². The van der Waals surface area contributed by atoms with Gasteiger partial charge in [0.05, 0.1) is 0 Å². The van der Waals surface area contributed by atoms with Gasteiger partial charge in [-0.15, -0.1) is 6.58 Å². The van der Waals surface area contributed by atoms with Crippen molar-refractivity contribution in [2.75, 3.05) is 0 Å². The molecule has 0 spiro atoms. The number of allylic oxidation sites excluding steroid dienone is 5. The maximum atomic E-state index is 3.73. The summed E-state index contributed by atoms with van der Waals surface area (Å²) in [4.78, 5) is 0. The summed E-state index contributed by atoms with van der Waals surface area (Å²) < 4.78 is 0. The van der Waals surface area contributed by atoms with Gasteiger partial charge in [0.1, 0.15) is 0 Å². The van der Waals surface area contributed by atoms with Gasteiger partial charge in [0.25, 0.3) is 0 Å². The van der Waals surface area contributed by atoms with E-state index in [9.17, 15) is 0 Å². The molecule has 0 amide bonds. The predicted molar refractivity (Wildman–Crippen MR) is 52.6 cm³/mol. The van der Waals surface area contributed by atoms with E-state index in [1.807, 2.05) is 6.08 Å². The van der Waals surface area contributed by atoms with Gasteiger partial charge in [-0.05, 0) is 32.3 Å². The average Bonchev–Trinajstić information content (AvgIpc) is 2.03. The molecule has 0 nitrogen and oxygen atoms in total. The lowest BCUT2D eigenvalue weighted by Crippen LogP contribution is -1.83. The van der Waals surface area contributed by atoms with Crippen LogP contribution in [0.1, 0.15) is 33.6 Å². The van der Waals surface area contributed by atoms with E-state index >= 15 is 0 Å². The van der Waals surface area contributed by atoms with Crippen molar-refractivity contribution in [3.8, 4) is 0 Å². The molecule has 11 heavy (non-hydrogen) atoms. The third kappa shape index (κ3) is 3.82. The Bertz CT molecular complexity index is 170. The molecule has 0 heterocycles. The molecule has 0 radical (unpaired) electrons. The molecule has 0 aliphatic rings. The van der Waals surface area contributed by atoms with Gasteiger partial charge >= 0.3 is 0 Å². The highest BCUT2D eigenvalue weighted by Crippen LogP contribution is 2.14. The van der Waals surface area contributed by atoms with E-state index in [4.69, 9.17) is 0 Å². The van der Waals surface area contributed by atoms with Crippen molar-refractivity contribution in [1.29, 1.82) is 0 Å². The van der Waals surface area contributed by atoms with Crippen molar-refractivity contribution < 1.29 is 0 Å². The van der Waals surface area contributed by atoms with Gasteiger partial charge in [-0.25, -0.2) is 0 Å². The van der Waals surface area contributed by atoms with Gasteiger partial charge in [0, 0.05) is 0 Å². The van der Waals surface area contributed by atoms with Gasteiger partial charge in [-0.2, -0.15) is 0 Å². The Morgan fingerprint density at radius 2 is 2.09 bits per heavy atom. The summed E-state index contributed by atoms with van der Waals surface area (Å²) in [6.07, 6.45) is 8.45. The first-order valence-corrected chi connectivity index (χ1v) is 4.19. The summed E-state index contributed by atoms with van der Waals surface area (Å²) in [5.41, 5.74) is 2.77. The zero-order chi connectivity index (χ0) is 8.69. The summed E-state index contributed by atoms with van der Waals surface area (Å²) >= 11 is 0. The Morgan fingerprint density at radius 3 is 2.45 bits per heavy atom. The lowest BCUT2D eigenvalue weighted by molar-refractivity contribution is 1.12. The van der Waals surface area contributed by atoms with Gasteiger partial charge in [0.15, 0.2) is 0 Å². The van der Waals surface area contributed by atoms with Crippen molar-refractivity contribution in [2.24, 2.45) is 0 Å². The second kappa shape index (κ2) is 5.96. The van der Waals surface area contributed by atoms with E-state index < -0.39 is 0 Å². The van der Waals surface area contributed by atoms with Crippen LogP contribution in [0, 0.1) is 0 Å². The van der Waals surface area contributed by atoms with Crippen LogP contribution in [0.15, 0.2) is 36.0 Å². The van der Waals surface area contributed by atoms with Crippen LogP contribution in [-0.4, -0.2) is 0 Å². The Morgan fingerprint density at radius 1 is 1.45 bits per heavy atom. The van der Waals surface area contributed by atoms with E-state index in [1.54, 1.807) is 0 Å². The van der Waals surface area contributed by atoms with Crippen molar-refractivity contribution in [1.82, 2.24) is 0 Å². The van der Waals surface area contributed by atoms with Gasteiger partial charge in [-0.3, -0.25) is 0 Å². The lowest BCUT2D eigenvalue weighted by atomic mass is 10.0. The largest absolute Gasteiger partial charge is 0.103 e. The molecule has 0 heteroatoms. The smallest absolute Gasteiger partial charge is 0.0101 e. The van der Waals surface area contributed by atoms with Crippen LogP contribution in [0.3, 0.4) is 0 Å². The summed E-state index contributed by atoms with van der Waals surface area (Å²) in [6.45, 7) is 10.1. The molecule has 0 aliphatic carbocycles. The van der Waals surface area contributed by atoms with Crippen molar-refractivity contribution >= 4 is 0 Å². The highest BCUT2D eigenvalue weighted by molar-refractivity contribution is 5.29. The molecule has 0 saturated carbocycles.